The van der Waals surface area contributed by atoms with Crippen molar-refractivity contribution in [1.82, 2.24) is 4.98 Å². The summed E-state index contributed by atoms with van der Waals surface area (Å²) < 4.78 is 0. The Bertz CT molecular complexity index is 317. The van der Waals surface area contributed by atoms with Crippen molar-refractivity contribution in [2.24, 2.45) is 0 Å². The summed E-state index contributed by atoms with van der Waals surface area (Å²) >= 11 is 0. The molecular weight excluding hydrogens is 184 g/mol. The summed E-state index contributed by atoms with van der Waals surface area (Å²) in [5.74, 6) is 0.980. The van der Waals surface area contributed by atoms with Gasteiger partial charge in [0.25, 0.3) is 0 Å². The van der Waals surface area contributed by atoms with Crippen molar-refractivity contribution >= 4 is 5.82 Å². The Balaban J connectivity index is 1.73. The van der Waals surface area contributed by atoms with Crippen molar-refractivity contribution in [2.45, 2.75) is 32.1 Å². The molecule has 15 heavy (non-hydrogen) atoms. The van der Waals surface area contributed by atoms with Crippen molar-refractivity contribution in [3.8, 4) is 0 Å². The lowest BCUT2D eigenvalue weighted by atomic mass is 9.97. The van der Waals surface area contributed by atoms with Gasteiger partial charge < -0.3 is 5.32 Å². The molecule has 0 bridgehead atoms. The average Bonchev–Trinajstić information content (AvgIpc) is 2.32. The molecule has 0 unspecified atom stereocenters. The van der Waals surface area contributed by atoms with E-state index < -0.39 is 0 Å². The third kappa shape index (κ3) is 3.39. The zero-order chi connectivity index (χ0) is 10.3. The van der Waals surface area contributed by atoms with Gasteiger partial charge in [-0.15, -0.1) is 0 Å². The van der Waals surface area contributed by atoms with Crippen LogP contribution in [0.1, 0.15) is 32.1 Å². The van der Waals surface area contributed by atoms with Gasteiger partial charge in [-0.05, 0) is 44.2 Å². The second kappa shape index (κ2) is 5.54. The first-order valence-electron chi connectivity index (χ1n) is 5.78. The standard InChI is InChI=1S/C13H18N2/c1-2-6-12(7-3-1)9-11-15-13-8-4-5-10-14-13/h4-6,8,10H,1-3,7,9,11H2,(H,14,15). The number of nitrogens with zero attached hydrogens (tertiary/aromatic N) is 1. The van der Waals surface area contributed by atoms with Crippen molar-refractivity contribution in [3.05, 3.63) is 36.0 Å². The van der Waals surface area contributed by atoms with Gasteiger partial charge in [-0.25, -0.2) is 4.98 Å². The fourth-order valence-corrected chi connectivity index (χ4v) is 1.95. The van der Waals surface area contributed by atoms with E-state index in [2.05, 4.69) is 16.4 Å². The minimum atomic E-state index is 0.980. The van der Waals surface area contributed by atoms with Crippen molar-refractivity contribution in [3.63, 3.8) is 0 Å². The van der Waals surface area contributed by atoms with E-state index >= 15 is 0 Å². The van der Waals surface area contributed by atoms with Crippen LogP contribution in [-0.2, 0) is 0 Å². The van der Waals surface area contributed by atoms with Crippen LogP contribution in [0.4, 0.5) is 5.82 Å². The Morgan fingerprint density at radius 1 is 1.27 bits per heavy atom. The van der Waals surface area contributed by atoms with Crippen LogP contribution in [0.5, 0.6) is 0 Å². The zero-order valence-electron chi connectivity index (χ0n) is 9.08. The average molecular weight is 202 g/mol. The van der Waals surface area contributed by atoms with E-state index in [-0.39, 0.29) is 0 Å². The molecule has 0 saturated carbocycles. The topological polar surface area (TPSA) is 24.9 Å². The SMILES string of the molecule is C1=C(CCNc2ccccn2)CCCC1. The zero-order valence-corrected chi connectivity index (χ0v) is 9.08. The number of hydrogen-bond acceptors (Lipinski definition) is 2. The van der Waals surface area contributed by atoms with Crippen LogP contribution in [0, 0.1) is 0 Å². The quantitative estimate of drug-likeness (QED) is 0.757. The molecular formula is C13H18N2. The second-order valence-corrected chi connectivity index (χ2v) is 4.00. The summed E-state index contributed by atoms with van der Waals surface area (Å²) in [7, 11) is 0. The lowest BCUT2D eigenvalue weighted by Crippen LogP contribution is -2.05. The van der Waals surface area contributed by atoms with Crippen LogP contribution < -0.4 is 5.32 Å². The largest absolute Gasteiger partial charge is 0.370 e. The third-order valence-corrected chi connectivity index (χ3v) is 2.80. The van der Waals surface area contributed by atoms with Gasteiger partial charge in [0.1, 0.15) is 5.82 Å². The number of hydrogen-bond donors (Lipinski definition) is 1. The van der Waals surface area contributed by atoms with Crippen molar-refractivity contribution in [1.29, 1.82) is 0 Å². The van der Waals surface area contributed by atoms with Crippen LogP contribution in [0.2, 0.25) is 0 Å². The molecule has 0 amide bonds. The van der Waals surface area contributed by atoms with E-state index in [4.69, 9.17) is 0 Å². The first-order chi connectivity index (χ1) is 7.45. The molecule has 2 rings (SSSR count). The number of nitrogens with one attached hydrogen (secondary N) is 1. The highest BCUT2D eigenvalue weighted by Gasteiger charge is 2.02. The highest BCUT2D eigenvalue weighted by atomic mass is 15.0. The smallest absolute Gasteiger partial charge is 0.125 e. The van der Waals surface area contributed by atoms with Crippen LogP contribution in [0.15, 0.2) is 36.0 Å². The van der Waals surface area contributed by atoms with Crippen LogP contribution in [0.3, 0.4) is 0 Å². The predicted molar refractivity (Wildman–Crippen MR) is 63.9 cm³/mol. The van der Waals surface area contributed by atoms with E-state index in [1.54, 1.807) is 5.57 Å². The summed E-state index contributed by atoms with van der Waals surface area (Å²) in [5, 5.41) is 3.34. The Kier molecular flexibility index (Phi) is 3.77. The molecule has 0 saturated heterocycles. The Morgan fingerprint density at radius 2 is 2.27 bits per heavy atom. The third-order valence-electron chi connectivity index (χ3n) is 2.80. The van der Waals surface area contributed by atoms with E-state index in [9.17, 15) is 0 Å². The monoisotopic (exact) mass is 202 g/mol. The van der Waals surface area contributed by atoms with Gasteiger partial charge in [-0.3, -0.25) is 0 Å². The van der Waals surface area contributed by atoms with Gasteiger partial charge in [0, 0.05) is 12.7 Å². The van der Waals surface area contributed by atoms with E-state index in [1.807, 2.05) is 24.4 Å². The molecule has 1 aromatic rings. The summed E-state index contributed by atoms with van der Waals surface area (Å²) in [6.07, 6.45) is 10.7. The molecule has 1 aliphatic carbocycles. The molecule has 0 spiro atoms. The Hall–Kier alpha value is -1.31. The number of pyridine rings is 1. The van der Waals surface area contributed by atoms with Gasteiger partial charge in [-0.1, -0.05) is 17.7 Å². The van der Waals surface area contributed by atoms with Crippen LogP contribution in [-0.4, -0.2) is 11.5 Å². The lowest BCUT2D eigenvalue weighted by molar-refractivity contribution is 0.679. The van der Waals surface area contributed by atoms with E-state index in [0.29, 0.717) is 0 Å². The van der Waals surface area contributed by atoms with E-state index in [0.717, 1.165) is 18.8 Å². The molecule has 80 valence electrons. The molecule has 0 fully saturated rings. The summed E-state index contributed by atoms with van der Waals surface area (Å²) in [4.78, 5) is 4.23. The molecule has 0 radical (unpaired) electrons. The minimum Gasteiger partial charge on any atom is -0.370 e. The number of allylic oxidation sites excluding steroid dienone is 1. The van der Waals surface area contributed by atoms with Crippen molar-refractivity contribution < 1.29 is 0 Å². The molecule has 2 nitrogen and oxygen atoms in total. The molecule has 1 aromatic heterocycles. The van der Waals surface area contributed by atoms with Gasteiger partial charge in [-0.2, -0.15) is 0 Å². The minimum absolute atomic E-state index is 0.980. The van der Waals surface area contributed by atoms with Crippen LogP contribution in [0.25, 0.3) is 0 Å². The number of aromatic nitrogens is 1. The Morgan fingerprint density at radius 3 is 3.00 bits per heavy atom. The maximum atomic E-state index is 4.23. The first kappa shape index (κ1) is 10.2. The molecule has 1 aliphatic rings. The van der Waals surface area contributed by atoms with Crippen molar-refractivity contribution in [2.75, 3.05) is 11.9 Å². The molecule has 1 N–H and O–H groups in total. The van der Waals surface area contributed by atoms with Gasteiger partial charge in [0.2, 0.25) is 0 Å². The predicted octanol–water partition coefficient (Wildman–Crippen LogP) is 3.38. The lowest BCUT2D eigenvalue weighted by Gasteiger charge is -2.12. The van der Waals surface area contributed by atoms with Crippen LogP contribution >= 0.6 is 0 Å². The summed E-state index contributed by atoms with van der Waals surface area (Å²) in [6.45, 7) is 1.00. The maximum Gasteiger partial charge on any atom is 0.125 e. The molecule has 0 atom stereocenters. The molecule has 0 aliphatic heterocycles. The molecule has 2 heteroatoms. The summed E-state index contributed by atoms with van der Waals surface area (Å²) in [5.41, 5.74) is 1.62. The molecule has 0 aromatic carbocycles. The Labute approximate surface area is 91.4 Å². The van der Waals surface area contributed by atoms with Gasteiger partial charge in [0.15, 0.2) is 0 Å². The van der Waals surface area contributed by atoms with Gasteiger partial charge in [0.05, 0.1) is 0 Å². The molecule has 1 heterocycles. The van der Waals surface area contributed by atoms with E-state index in [1.165, 1.54) is 25.7 Å². The fourth-order valence-electron chi connectivity index (χ4n) is 1.95. The highest BCUT2D eigenvalue weighted by molar-refractivity contribution is 5.33. The normalized spacial score (nSPS) is 15.9. The van der Waals surface area contributed by atoms with Gasteiger partial charge >= 0.3 is 0 Å². The maximum absolute atomic E-state index is 4.23. The highest BCUT2D eigenvalue weighted by Crippen LogP contribution is 2.19. The number of anilines is 1. The summed E-state index contributed by atoms with van der Waals surface area (Å²) in [6, 6.07) is 5.96. The first-order valence-corrected chi connectivity index (χ1v) is 5.78. The second-order valence-electron chi connectivity index (χ2n) is 4.00. The fraction of sp³-hybridized carbons (Fsp3) is 0.462. The number of rotatable bonds is 4.